The van der Waals surface area contributed by atoms with E-state index in [2.05, 4.69) is 16.0 Å². The number of benzene rings is 5. The number of nitrogens with two attached hydrogens (primary N) is 1. The van der Waals surface area contributed by atoms with Crippen LogP contribution in [0.4, 0.5) is 11.4 Å². The van der Waals surface area contributed by atoms with Crippen molar-refractivity contribution in [1.29, 1.82) is 0 Å². The van der Waals surface area contributed by atoms with Crippen molar-refractivity contribution in [2.24, 2.45) is 5.73 Å². The molecule has 0 bridgehead atoms. The lowest BCUT2D eigenvalue weighted by atomic mass is 10.1. The van der Waals surface area contributed by atoms with Gasteiger partial charge in [-0.3, -0.25) is 19.2 Å². The van der Waals surface area contributed by atoms with Crippen molar-refractivity contribution in [2.45, 2.75) is 17.1 Å². The highest BCUT2D eigenvalue weighted by Gasteiger charge is 2.23. The molecule has 1 atom stereocenters. The van der Waals surface area contributed by atoms with E-state index in [1.807, 2.05) is 73.7 Å². The molecule has 5 aromatic rings. The predicted molar refractivity (Wildman–Crippen MR) is 187 cm³/mol. The van der Waals surface area contributed by atoms with Crippen molar-refractivity contribution < 1.29 is 19.2 Å². The molecule has 1 unspecified atom stereocenters. The SMILES string of the molecule is Cc1ccc(/C=C(\NC(=O)c2ccccc2)C(=O)Nc2cccc(SC(C(=O)Nc3ccc(C(N)=O)cc3)c3ccccc3)c2)cc1. The molecule has 8 nitrogen and oxygen atoms in total. The molecule has 0 aliphatic rings. The summed E-state index contributed by atoms with van der Waals surface area (Å²) >= 11 is 1.32. The second kappa shape index (κ2) is 15.4. The van der Waals surface area contributed by atoms with E-state index in [1.54, 1.807) is 72.8 Å². The van der Waals surface area contributed by atoms with Gasteiger partial charge in [0.25, 0.3) is 11.8 Å². The van der Waals surface area contributed by atoms with Crippen molar-refractivity contribution in [3.63, 3.8) is 0 Å². The zero-order valence-corrected chi connectivity index (χ0v) is 26.3. The van der Waals surface area contributed by atoms with Crippen LogP contribution in [0.3, 0.4) is 0 Å². The normalized spacial score (nSPS) is 11.6. The standard InChI is InChI=1S/C38H32N4O4S/c1-25-15-17-26(18-16-25)23-33(42-36(44)29-11-6-3-7-12-29)37(45)41-31-13-8-14-32(24-31)47-34(27-9-4-2-5-10-27)38(46)40-30-21-19-28(20-22-30)35(39)43/h2-24,34H,1H3,(H2,39,43)(H,40,46)(H,41,45)(H,42,44)/b33-23-. The van der Waals surface area contributed by atoms with Gasteiger partial charge in [-0.25, -0.2) is 0 Å². The molecule has 234 valence electrons. The summed E-state index contributed by atoms with van der Waals surface area (Å²) in [6.45, 7) is 1.97. The molecule has 0 spiro atoms. The molecule has 0 saturated heterocycles. The predicted octanol–water partition coefficient (Wildman–Crippen LogP) is 6.98. The van der Waals surface area contributed by atoms with E-state index in [9.17, 15) is 19.2 Å². The zero-order chi connectivity index (χ0) is 33.2. The number of hydrogen-bond donors (Lipinski definition) is 4. The molecule has 0 saturated carbocycles. The van der Waals surface area contributed by atoms with Crippen molar-refractivity contribution in [1.82, 2.24) is 5.32 Å². The van der Waals surface area contributed by atoms with Crippen molar-refractivity contribution in [3.05, 3.63) is 167 Å². The molecule has 0 aliphatic heterocycles. The fourth-order valence-corrected chi connectivity index (χ4v) is 5.66. The maximum atomic E-state index is 13.6. The Kier molecular flexibility index (Phi) is 10.6. The second-order valence-corrected chi connectivity index (χ2v) is 11.8. The summed E-state index contributed by atoms with van der Waals surface area (Å²) in [5, 5.41) is 7.93. The number of primary amides is 1. The van der Waals surface area contributed by atoms with Crippen LogP contribution < -0.4 is 21.7 Å². The summed E-state index contributed by atoms with van der Waals surface area (Å²) in [7, 11) is 0. The van der Waals surface area contributed by atoms with Crippen LogP contribution in [0, 0.1) is 6.92 Å². The lowest BCUT2D eigenvalue weighted by Crippen LogP contribution is -2.30. The van der Waals surface area contributed by atoms with Crippen LogP contribution in [-0.2, 0) is 9.59 Å². The van der Waals surface area contributed by atoms with Crippen LogP contribution in [0.1, 0.15) is 42.7 Å². The Morgan fingerprint density at radius 1 is 0.681 bits per heavy atom. The van der Waals surface area contributed by atoms with Gasteiger partial charge in [-0.15, -0.1) is 11.8 Å². The first-order chi connectivity index (χ1) is 22.7. The Labute approximate surface area is 277 Å². The minimum Gasteiger partial charge on any atom is -0.366 e. The van der Waals surface area contributed by atoms with E-state index in [0.29, 0.717) is 22.5 Å². The maximum Gasteiger partial charge on any atom is 0.272 e. The quantitative estimate of drug-likeness (QED) is 0.0915. The molecule has 4 amide bonds. The van der Waals surface area contributed by atoms with Crippen molar-refractivity contribution >= 4 is 52.8 Å². The average molecular weight is 641 g/mol. The second-order valence-electron chi connectivity index (χ2n) is 10.6. The van der Waals surface area contributed by atoms with Gasteiger partial charge in [-0.1, -0.05) is 84.4 Å². The molecule has 5 rings (SSSR count). The summed E-state index contributed by atoms with van der Waals surface area (Å²) in [5.74, 6) is -1.74. The Bertz CT molecular complexity index is 1910. The number of hydrogen-bond acceptors (Lipinski definition) is 5. The first-order valence-electron chi connectivity index (χ1n) is 14.7. The van der Waals surface area contributed by atoms with Crippen molar-refractivity contribution in [3.8, 4) is 0 Å². The van der Waals surface area contributed by atoms with Gasteiger partial charge in [-0.2, -0.15) is 0 Å². The van der Waals surface area contributed by atoms with Gasteiger partial charge < -0.3 is 21.7 Å². The third-order valence-electron chi connectivity index (χ3n) is 7.04. The average Bonchev–Trinajstić information content (AvgIpc) is 3.09. The van der Waals surface area contributed by atoms with Crippen molar-refractivity contribution in [2.75, 3.05) is 10.6 Å². The number of carbonyl (C=O) groups is 4. The van der Waals surface area contributed by atoms with Crippen LogP contribution >= 0.6 is 11.8 Å². The van der Waals surface area contributed by atoms with E-state index in [1.165, 1.54) is 11.8 Å². The monoisotopic (exact) mass is 640 g/mol. The zero-order valence-electron chi connectivity index (χ0n) is 25.5. The topological polar surface area (TPSA) is 130 Å². The van der Waals surface area contributed by atoms with E-state index in [0.717, 1.165) is 21.6 Å². The summed E-state index contributed by atoms with van der Waals surface area (Å²) in [6.07, 6.45) is 1.62. The number of amides is 4. The van der Waals surface area contributed by atoms with E-state index in [-0.39, 0.29) is 11.6 Å². The first-order valence-corrected chi connectivity index (χ1v) is 15.6. The van der Waals surface area contributed by atoms with E-state index < -0.39 is 23.0 Å². The van der Waals surface area contributed by atoms with Gasteiger partial charge in [0.2, 0.25) is 11.8 Å². The molecule has 0 fully saturated rings. The molecule has 0 heterocycles. The number of carbonyl (C=O) groups excluding carboxylic acids is 4. The number of aryl methyl sites for hydroxylation is 1. The molecular weight excluding hydrogens is 609 g/mol. The summed E-state index contributed by atoms with van der Waals surface area (Å²) in [6, 6.07) is 39.1. The Balaban J connectivity index is 1.36. The molecule has 5 N–H and O–H groups in total. The van der Waals surface area contributed by atoms with Crippen LogP contribution in [0.5, 0.6) is 0 Å². The summed E-state index contributed by atoms with van der Waals surface area (Å²) in [4.78, 5) is 52.3. The number of nitrogens with one attached hydrogen (secondary N) is 3. The Morgan fingerprint density at radius 3 is 2.00 bits per heavy atom. The molecule has 0 aromatic heterocycles. The molecule has 0 radical (unpaired) electrons. The third-order valence-corrected chi connectivity index (χ3v) is 8.29. The highest BCUT2D eigenvalue weighted by atomic mass is 32.2. The third kappa shape index (κ3) is 9.06. The van der Waals surface area contributed by atoms with Gasteiger partial charge in [0, 0.05) is 27.4 Å². The van der Waals surface area contributed by atoms with Gasteiger partial charge >= 0.3 is 0 Å². The largest absolute Gasteiger partial charge is 0.366 e. The number of rotatable bonds is 11. The minimum absolute atomic E-state index is 0.0738. The number of anilines is 2. The van der Waals surface area contributed by atoms with E-state index >= 15 is 0 Å². The fourth-order valence-electron chi connectivity index (χ4n) is 4.58. The smallest absolute Gasteiger partial charge is 0.272 e. The van der Waals surface area contributed by atoms with Crippen LogP contribution in [0.15, 0.2) is 144 Å². The van der Waals surface area contributed by atoms with Gasteiger partial charge in [0.15, 0.2) is 0 Å². The van der Waals surface area contributed by atoms with E-state index in [4.69, 9.17) is 5.73 Å². The first kappa shape index (κ1) is 32.5. The molecule has 5 aromatic carbocycles. The maximum absolute atomic E-state index is 13.6. The van der Waals surface area contributed by atoms with Gasteiger partial charge in [0.05, 0.1) is 0 Å². The van der Waals surface area contributed by atoms with Crippen LogP contribution in [-0.4, -0.2) is 23.6 Å². The van der Waals surface area contributed by atoms with Gasteiger partial charge in [-0.05, 0) is 78.7 Å². The molecule has 9 heteroatoms. The Morgan fingerprint density at radius 2 is 1.34 bits per heavy atom. The molecular formula is C38H32N4O4S. The van der Waals surface area contributed by atoms with Crippen LogP contribution in [0.2, 0.25) is 0 Å². The summed E-state index contributed by atoms with van der Waals surface area (Å²) < 4.78 is 0. The highest BCUT2D eigenvalue weighted by Crippen LogP contribution is 2.37. The lowest BCUT2D eigenvalue weighted by Gasteiger charge is -2.18. The molecule has 0 aliphatic carbocycles. The number of thioether (sulfide) groups is 1. The Hall–Kier alpha value is -5.93. The van der Waals surface area contributed by atoms with Crippen LogP contribution in [0.25, 0.3) is 6.08 Å². The highest BCUT2D eigenvalue weighted by molar-refractivity contribution is 8.00. The fraction of sp³-hybridized carbons (Fsp3) is 0.0526. The van der Waals surface area contributed by atoms with Gasteiger partial charge in [0.1, 0.15) is 10.9 Å². The lowest BCUT2D eigenvalue weighted by molar-refractivity contribution is -0.116. The summed E-state index contributed by atoms with van der Waals surface area (Å²) in [5.41, 5.74) is 9.78. The molecule has 47 heavy (non-hydrogen) atoms. The minimum atomic E-state index is -0.639.